The van der Waals surface area contributed by atoms with E-state index in [1.54, 1.807) is 12.1 Å². The molecular formula is C12H14BrNO5S2. The lowest BCUT2D eigenvalue weighted by atomic mass is 10.3. The van der Waals surface area contributed by atoms with Crippen molar-refractivity contribution in [1.82, 2.24) is 5.32 Å². The Balaban J connectivity index is 2.49. The van der Waals surface area contributed by atoms with Crippen LogP contribution in [0.4, 0.5) is 0 Å². The van der Waals surface area contributed by atoms with Crippen LogP contribution in [0, 0.1) is 0 Å². The second kappa shape index (κ2) is 8.40. The van der Waals surface area contributed by atoms with E-state index < -0.39 is 21.8 Å². The average Bonchev–Trinajstić information content (AvgIpc) is 2.42. The second-order valence-corrected chi connectivity index (χ2v) is 8.20. The predicted octanol–water partition coefficient (Wildman–Crippen LogP) is 1.16. The van der Waals surface area contributed by atoms with Gasteiger partial charge in [0.2, 0.25) is 6.41 Å². The first kappa shape index (κ1) is 18.0. The van der Waals surface area contributed by atoms with Crippen molar-refractivity contribution in [2.24, 2.45) is 0 Å². The minimum absolute atomic E-state index is 0.0905. The van der Waals surface area contributed by atoms with Gasteiger partial charge in [-0.1, -0.05) is 15.9 Å². The molecule has 0 radical (unpaired) electrons. The monoisotopic (exact) mass is 395 g/mol. The Morgan fingerprint density at radius 3 is 2.52 bits per heavy atom. The van der Waals surface area contributed by atoms with Crippen LogP contribution in [0.1, 0.15) is 0 Å². The Kier molecular flexibility index (Phi) is 7.20. The van der Waals surface area contributed by atoms with Crippen LogP contribution in [0.15, 0.2) is 33.6 Å². The maximum Gasteiger partial charge on any atom is 0.327 e. The number of carboxylic acids is 1. The van der Waals surface area contributed by atoms with Crippen molar-refractivity contribution in [2.75, 3.05) is 17.3 Å². The first-order chi connectivity index (χ1) is 9.86. The molecule has 1 amide bonds. The zero-order valence-electron chi connectivity index (χ0n) is 10.9. The van der Waals surface area contributed by atoms with Gasteiger partial charge in [0.1, 0.15) is 6.04 Å². The smallest absolute Gasteiger partial charge is 0.327 e. The molecule has 0 aromatic heterocycles. The predicted molar refractivity (Wildman–Crippen MR) is 84.1 cm³/mol. The number of halogens is 1. The Morgan fingerprint density at radius 1 is 1.38 bits per heavy atom. The molecule has 1 aromatic rings. The van der Waals surface area contributed by atoms with Crippen LogP contribution in [-0.4, -0.2) is 49.2 Å². The standard InChI is InChI=1S/C12H14BrNO5S2/c13-9-1-3-10(4-2-9)21(18,19)6-5-20-7-11(12(16)17)14-8-15/h1-4,8,11H,5-7H2,(H,14,15)(H,16,17). The van der Waals surface area contributed by atoms with Gasteiger partial charge in [-0.2, -0.15) is 11.8 Å². The van der Waals surface area contributed by atoms with Crippen molar-refractivity contribution in [2.45, 2.75) is 10.9 Å². The number of rotatable bonds is 9. The number of sulfone groups is 1. The molecule has 0 saturated heterocycles. The highest BCUT2D eigenvalue weighted by atomic mass is 79.9. The van der Waals surface area contributed by atoms with Gasteiger partial charge in [-0.05, 0) is 24.3 Å². The molecule has 0 spiro atoms. The van der Waals surface area contributed by atoms with Crippen molar-refractivity contribution in [3.8, 4) is 0 Å². The highest BCUT2D eigenvalue weighted by Crippen LogP contribution is 2.17. The van der Waals surface area contributed by atoms with Crippen molar-refractivity contribution in [3.05, 3.63) is 28.7 Å². The number of aliphatic carboxylic acids is 1. The molecule has 1 aromatic carbocycles. The lowest BCUT2D eigenvalue weighted by molar-refractivity contribution is -0.139. The van der Waals surface area contributed by atoms with Gasteiger partial charge in [0, 0.05) is 16.0 Å². The van der Waals surface area contributed by atoms with Crippen LogP contribution in [0.5, 0.6) is 0 Å². The van der Waals surface area contributed by atoms with Crippen LogP contribution < -0.4 is 5.32 Å². The summed E-state index contributed by atoms with van der Waals surface area (Å²) in [7, 11) is -3.39. The zero-order valence-corrected chi connectivity index (χ0v) is 14.1. The topological polar surface area (TPSA) is 101 Å². The summed E-state index contributed by atoms with van der Waals surface area (Å²) in [6.07, 6.45) is 0.317. The number of nitrogens with one attached hydrogen (secondary N) is 1. The molecule has 116 valence electrons. The second-order valence-electron chi connectivity index (χ2n) is 4.02. The van der Waals surface area contributed by atoms with Crippen LogP contribution in [0.25, 0.3) is 0 Å². The number of carboxylic acid groups (broad SMARTS) is 1. The van der Waals surface area contributed by atoms with Crippen LogP contribution >= 0.6 is 27.7 Å². The van der Waals surface area contributed by atoms with E-state index in [9.17, 15) is 18.0 Å². The molecule has 9 heteroatoms. The summed E-state index contributed by atoms with van der Waals surface area (Å²) in [5.74, 6) is -0.871. The molecule has 0 bridgehead atoms. The lowest BCUT2D eigenvalue weighted by Crippen LogP contribution is -2.38. The number of hydrogen-bond acceptors (Lipinski definition) is 5. The van der Waals surface area contributed by atoms with Gasteiger partial charge in [0.05, 0.1) is 10.6 Å². The maximum absolute atomic E-state index is 12.0. The maximum atomic E-state index is 12.0. The molecule has 0 aliphatic rings. The van der Waals surface area contributed by atoms with E-state index in [1.165, 1.54) is 12.1 Å². The van der Waals surface area contributed by atoms with E-state index >= 15 is 0 Å². The van der Waals surface area contributed by atoms with E-state index in [1.807, 2.05) is 0 Å². The number of hydrogen-bond donors (Lipinski definition) is 2. The molecule has 0 heterocycles. The number of amides is 1. The SMILES string of the molecule is O=CNC(CSCCS(=O)(=O)c1ccc(Br)cc1)C(=O)O. The normalized spacial score (nSPS) is 12.6. The molecule has 1 rings (SSSR count). The van der Waals surface area contributed by atoms with Crippen LogP contribution in [-0.2, 0) is 19.4 Å². The molecule has 1 unspecified atom stereocenters. The molecule has 2 N–H and O–H groups in total. The Labute approximate surface area is 135 Å². The van der Waals surface area contributed by atoms with Crippen LogP contribution in [0.2, 0.25) is 0 Å². The number of thioether (sulfide) groups is 1. The fraction of sp³-hybridized carbons (Fsp3) is 0.333. The fourth-order valence-electron chi connectivity index (χ4n) is 1.40. The summed E-state index contributed by atoms with van der Waals surface area (Å²) in [4.78, 5) is 21.2. The minimum Gasteiger partial charge on any atom is -0.480 e. The van der Waals surface area contributed by atoms with E-state index in [4.69, 9.17) is 5.11 Å². The quantitative estimate of drug-likeness (QED) is 0.480. The molecule has 0 fully saturated rings. The van der Waals surface area contributed by atoms with Crippen molar-refractivity contribution in [1.29, 1.82) is 0 Å². The first-order valence-electron chi connectivity index (χ1n) is 5.85. The summed E-state index contributed by atoms with van der Waals surface area (Å²) in [6.45, 7) is 0. The average molecular weight is 396 g/mol. The Morgan fingerprint density at radius 2 is 2.00 bits per heavy atom. The third-order valence-corrected chi connectivity index (χ3v) is 6.10. The Hall–Kier alpha value is -1.06. The molecule has 0 aliphatic carbocycles. The van der Waals surface area contributed by atoms with Crippen molar-refractivity contribution < 1.29 is 23.1 Å². The third kappa shape index (κ3) is 6.06. The van der Waals surface area contributed by atoms with Crippen molar-refractivity contribution >= 4 is 49.9 Å². The van der Waals surface area contributed by atoms with Gasteiger partial charge in [-0.25, -0.2) is 13.2 Å². The van der Waals surface area contributed by atoms with Gasteiger partial charge >= 0.3 is 5.97 Å². The van der Waals surface area contributed by atoms with Gasteiger partial charge < -0.3 is 10.4 Å². The highest BCUT2D eigenvalue weighted by Gasteiger charge is 2.18. The molecule has 6 nitrogen and oxygen atoms in total. The first-order valence-corrected chi connectivity index (χ1v) is 9.45. The third-order valence-electron chi connectivity index (χ3n) is 2.52. The minimum atomic E-state index is -3.39. The summed E-state index contributed by atoms with van der Waals surface area (Å²) in [5, 5.41) is 11.0. The van der Waals surface area contributed by atoms with Crippen molar-refractivity contribution in [3.63, 3.8) is 0 Å². The largest absolute Gasteiger partial charge is 0.480 e. The molecular weight excluding hydrogens is 382 g/mol. The van der Waals surface area contributed by atoms with Gasteiger partial charge in [-0.15, -0.1) is 0 Å². The molecule has 0 saturated carbocycles. The molecule has 1 atom stereocenters. The fourth-order valence-corrected chi connectivity index (χ4v) is 4.44. The van der Waals surface area contributed by atoms with Gasteiger partial charge in [0.15, 0.2) is 9.84 Å². The number of carbonyl (C=O) groups excluding carboxylic acids is 1. The van der Waals surface area contributed by atoms with Gasteiger partial charge in [0.25, 0.3) is 0 Å². The summed E-state index contributed by atoms with van der Waals surface area (Å²) in [6, 6.07) is 5.31. The molecule has 0 aliphatic heterocycles. The Bertz CT molecular complexity index is 588. The van der Waals surface area contributed by atoms with E-state index in [0.717, 1.165) is 16.2 Å². The van der Waals surface area contributed by atoms with Gasteiger partial charge in [-0.3, -0.25) is 4.79 Å². The highest BCUT2D eigenvalue weighted by molar-refractivity contribution is 9.10. The van der Waals surface area contributed by atoms with Crippen LogP contribution in [0.3, 0.4) is 0 Å². The number of benzene rings is 1. The number of carbonyl (C=O) groups is 2. The summed E-state index contributed by atoms with van der Waals surface area (Å²) >= 11 is 4.39. The summed E-state index contributed by atoms with van der Waals surface area (Å²) < 4.78 is 24.9. The lowest BCUT2D eigenvalue weighted by Gasteiger charge is -2.10. The van der Waals surface area contributed by atoms with E-state index in [2.05, 4.69) is 21.2 Å². The summed E-state index contributed by atoms with van der Waals surface area (Å²) in [5.41, 5.74) is 0. The van der Waals surface area contributed by atoms with E-state index in [0.29, 0.717) is 6.41 Å². The van der Waals surface area contributed by atoms with E-state index in [-0.39, 0.29) is 22.2 Å². The zero-order chi connectivity index (χ0) is 15.9. The molecule has 21 heavy (non-hydrogen) atoms.